The van der Waals surface area contributed by atoms with E-state index in [0.717, 1.165) is 48.5 Å². The molecule has 0 saturated carbocycles. The highest BCUT2D eigenvalue weighted by molar-refractivity contribution is 8.00. The number of nitrogens with one attached hydrogen (secondary N) is 1. The number of thioether (sulfide) groups is 1. The minimum atomic E-state index is -0.259. The number of hydrogen-bond acceptors (Lipinski definition) is 3. The number of amides is 1. The number of aromatic amines is 1. The Bertz CT molecular complexity index is 707. The minimum Gasteiger partial charge on any atom is -0.342 e. The molecule has 0 radical (unpaired) electrons. The average Bonchev–Trinajstić information content (AvgIpc) is 2.98. The van der Waals surface area contributed by atoms with Crippen LogP contribution in [0.5, 0.6) is 0 Å². The van der Waals surface area contributed by atoms with Crippen LogP contribution in [0, 0.1) is 5.82 Å². The van der Waals surface area contributed by atoms with Gasteiger partial charge in [-0.05, 0) is 31.0 Å². The highest BCUT2D eigenvalue weighted by Gasteiger charge is 2.25. The predicted octanol–water partition coefficient (Wildman–Crippen LogP) is 3.33. The molecule has 1 aromatic carbocycles. The number of halogens is 1. The van der Waals surface area contributed by atoms with Gasteiger partial charge in [-0.1, -0.05) is 6.08 Å². The topological polar surface area (TPSA) is 49.0 Å². The maximum absolute atomic E-state index is 13.3. The molecule has 122 valence electrons. The number of imidazole rings is 1. The Labute approximate surface area is 139 Å². The zero-order valence-electron chi connectivity index (χ0n) is 12.9. The van der Waals surface area contributed by atoms with E-state index < -0.39 is 0 Å². The zero-order valence-corrected chi connectivity index (χ0v) is 13.7. The van der Waals surface area contributed by atoms with Gasteiger partial charge in [-0.15, -0.1) is 18.3 Å². The van der Waals surface area contributed by atoms with Crippen molar-refractivity contribution >= 4 is 28.7 Å². The van der Waals surface area contributed by atoms with Crippen molar-refractivity contribution in [1.29, 1.82) is 0 Å². The molecular weight excluding hydrogens is 313 g/mol. The van der Waals surface area contributed by atoms with Crippen LogP contribution in [0.15, 0.2) is 30.9 Å². The summed E-state index contributed by atoms with van der Waals surface area (Å²) in [6, 6.07) is 4.59. The molecule has 6 heteroatoms. The molecule has 0 atom stereocenters. The van der Waals surface area contributed by atoms with Gasteiger partial charge in [0.15, 0.2) is 0 Å². The first-order valence-corrected chi connectivity index (χ1v) is 8.94. The lowest BCUT2D eigenvalue weighted by Gasteiger charge is -2.31. The van der Waals surface area contributed by atoms with E-state index in [4.69, 9.17) is 0 Å². The van der Waals surface area contributed by atoms with Crippen molar-refractivity contribution in [2.45, 2.75) is 18.8 Å². The summed E-state index contributed by atoms with van der Waals surface area (Å²) >= 11 is 1.59. The number of hydrogen-bond donors (Lipinski definition) is 1. The van der Waals surface area contributed by atoms with E-state index in [2.05, 4.69) is 16.5 Å². The van der Waals surface area contributed by atoms with E-state index in [1.54, 1.807) is 17.8 Å². The van der Waals surface area contributed by atoms with Gasteiger partial charge in [0.2, 0.25) is 5.91 Å². The van der Waals surface area contributed by atoms with E-state index in [9.17, 15) is 9.18 Å². The number of carbonyl (C=O) groups is 1. The lowest BCUT2D eigenvalue weighted by Crippen LogP contribution is -2.39. The Morgan fingerprint density at radius 1 is 1.48 bits per heavy atom. The molecule has 1 N–H and O–H groups in total. The van der Waals surface area contributed by atoms with Crippen molar-refractivity contribution in [2.24, 2.45) is 0 Å². The summed E-state index contributed by atoms with van der Waals surface area (Å²) in [5.74, 6) is 2.46. The lowest BCUT2D eigenvalue weighted by molar-refractivity contribution is -0.129. The number of H-pyrrole nitrogens is 1. The molecule has 1 aliphatic rings. The molecule has 1 aliphatic heterocycles. The smallest absolute Gasteiger partial charge is 0.232 e. The maximum Gasteiger partial charge on any atom is 0.232 e. The van der Waals surface area contributed by atoms with Gasteiger partial charge < -0.3 is 9.88 Å². The molecule has 1 fully saturated rings. The molecular formula is C17H20FN3OS. The molecule has 4 nitrogen and oxygen atoms in total. The van der Waals surface area contributed by atoms with E-state index in [-0.39, 0.29) is 11.7 Å². The Hall–Kier alpha value is -1.82. The van der Waals surface area contributed by atoms with Gasteiger partial charge in [-0.3, -0.25) is 4.79 Å². The summed E-state index contributed by atoms with van der Waals surface area (Å²) in [4.78, 5) is 21.8. The summed E-state index contributed by atoms with van der Waals surface area (Å²) in [7, 11) is 0. The summed E-state index contributed by atoms with van der Waals surface area (Å²) < 4.78 is 13.3. The van der Waals surface area contributed by atoms with Gasteiger partial charge in [0.1, 0.15) is 11.6 Å². The van der Waals surface area contributed by atoms with Crippen LogP contribution in [-0.2, 0) is 4.79 Å². The summed E-state index contributed by atoms with van der Waals surface area (Å²) in [6.07, 6.45) is 3.59. The van der Waals surface area contributed by atoms with Crippen molar-refractivity contribution in [2.75, 3.05) is 24.6 Å². The molecule has 3 rings (SSSR count). The maximum atomic E-state index is 13.3. The van der Waals surface area contributed by atoms with Crippen LogP contribution in [0.1, 0.15) is 24.6 Å². The van der Waals surface area contributed by atoms with Crippen molar-refractivity contribution in [3.8, 4) is 0 Å². The third kappa shape index (κ3) is 3.75. The van der Waals surface area contributed by atoms with Crippen LogP contribution in [0.3, 0.4) is 0 Å². The third-order valence-corrected chi connectivity index (χ3v) is 5.08. The van der Waals surface area contributed by atoms with Crippen LogP contribution in [0.25, 0.3) is 11.0 Å². The Balaban J connectivity index is 1.59. The standard InChI is InChI=1S/C17H20FN3OS/c1-2-9-23-11-16(22)21-7-5-12(6-8-21)17-19-14-4-3-13(18)10-15(14)20-17/h2-4,10,12H,1,5-9,11H2,(H,19,20). The van der Waals surface area contributed by atoms with Crippen LogP contribution in [0.2, 0.25) is 0 Å². The first kappa shape index (κ1) is 16.1. The Morgan fingerprint density at radius 2 is 2.26 bits per heavy atom. The van der Waals surface area contributed by atoms with Gasteiger partial charge in [0.05, 0.1) is 16.8 Å². The molecule has 1 amide bonds. The fourth-order valence-corrected chi connectivity index (χ4v) is 3.56. The molecule has 1 saturated heterocycles. The molecule has 23 heavy (non-hydrogen) atoms. The van der Waals surface area contributed by atoms with Crippen molar-refractivity contribution in [3.05, 3.63) is 42.5 Å². The van der Waals surface area contributed by atoms with Gasteiger partial charge in [-0.25, -0.2) is 9.37 Å². The molecule has 2 heterocycles. The normalized spacial score (nSPS) is 16.0. The molecule has 0 unspecified atom stereocenters. The molecule has 2 aromatic rings. The van der Waals surface area contributed by atoms with Gasteiger partial charge >= 0.3 is 0 Å². The second kappa shape index (κ2) is 7.17. The van der Waals surface area contributed by atoms with Crippen molar-refractivity contribution in [1.82, 2.24) is 14.9 Å². The highest BCUT2D eigenvalue weighted by Crippen LogP contribution is 2.28. The van der Waals surface area contributed by atoms with E-state index in [1.807, 2.05) is 11.0 Å². The number of carbonyl (C=O) groups excluding carboxylic acids is 1. The van der Waals surface area contributed by atoms with Crippen LogP contribution >= 0.6 is 11.8 Å². The largest absolute Gasteiger partial charge is 0.342 e. The van der Waals surface area contributed by atoms with Crippen molar-refractivity contribution in [3.63, 3.8) is 0 Å². The predicted molar refractivity (Wildman–Crippen MR) is 92.1 cm³/mol. The van der Waals surface area contributed by atoms with Crippen LogP contribution < -0.4 is 0 Å². The molecule has 1 aromatic heterocycles. The Kier molecular flexibility index (Phi) is 5.00. The number of fused-ring (bicyclic) bond motifs is 1. The highest BCUT2D eigenvalue weighted by atomic mass is 32.2. The fourth-order valence-electron chi connectivity index (χ4n) is 2.92. The summed E-state index contributed by atoms with van der Waals surface area (Å²) in [6.45, 7) is 5.16. The van der Waals surface area contributed by atoms with Crippen LogP contribution in [-0.4, -0.2) is 45.4 Å². The average molecular weight is 333 g/mol. The zero-order chi connectivity index (χ0) is 16.2. The van der Waals surface area contributed by atoms with E-state index in [1.165, 1.54) is 12.1 Å². The van der Waals surface area contributed by atoms with Gasteiger partial charge in [0.25, 0.3) is 0 Å². The van der Waals surface area contributed by atoms with Gasteiger partial charge in [-0.2, -0.15) is 0 Å². The number of likely N-dealkylation sites (tertiary alicyclic amines) is 1. The number of benzene rings is 1. The fraction of sp³-hybridized carbons (Fsp3) is 0.412. The lowest BCUT2D eigenvalue weighted by atomic mass is 9.96. The van der Waals surface area contributed by atoms with Crippen LogP contribution in [0.4, 0.5) is 4.39 Å². The molecule has 0 aliphatic carbocycles. The third-order valence-electron chi connectivity index (χ3n) is 4.16. The van der Waals surface area contributed by atoms with Crippen molar-refractivity contribution < 1.29 is 9.18 Å². The minimum absolute atomic E-state index is 0.196. The number of aromatic nitrogens is 2. The summed E-state index contributed by atoms with van der Waals surface area (Å²) in [5, 5.41) is 0. The quantitative estimate of drug-likeness (QED) is 0.674. The van der Waals surface area contributed by atoms with E-state index >= 15 is 0 Å². The first-order valence-electron chi connectivity index (χ1n) is 7.79. The Morgan fingerprint density at radius 3 is 3.00 bits per heavy atom. The number of nitrogens with zero attached hydrogens (tertiary/aromatic N) is 2. The second-order valence-electron chi connectivity index (χ2n) is 5.74. The number of rotatable bonds is 5. The van der Waals surface area contributed by atoms with Gasteiger partial charge in [0, 0.05) is 24.8 Å². The first-order chi connectivity index (χ1) is 11.2. The number of piperidine rings is 1. The molecule has 0 spiro atoms. The SMILES string of the molecule is C=CCSCC(=O)N1CCC(c2nc3ccc(F)cc3[nH]2)CC1. The molecule has 0 bridgehead atoms. The second-order valence-corrected chi connectivity index (χ2v) is 6.77. The monoisotopic (exact) mass is 333 g/mol. The van der Waals surface area contributed by atoms with E-state index in [0.29, 0.717) is 11.7 Å². The summed E-state index contributed by atoms with van der Waals surface area (Å²) in [5.41, 5.74) is 1.53.